The Hall–Kier alpha value is -2.53. The van der Waals surface area contributed by atoms with E-state index >= 15 is 0 Å². The summed E-state index contributed by atoms with van der Waals surface area (Å²) in [6.45, 7) is 8.41. The molecule has 1 N–H and O–H groups in total. The molecule has 1 aromatic carbocycles. The molecule has 1 saturated heterocycles. The maximum atomic E-state index is 12.2. The zero-order chi connectivity index (χ0) is 20.5. The van der Waals surface area contributed by atoms with Crippen LogP contribution in [0.3, 0.4) is 0 Å². The fourth-order valence-corrected chi connectivity index (χ4v) is 3.33. The predicted molar refractivity (Wildman–Crippen MR) is 114 cm³/mol. The standard InChI is InChI=1S/C22H26ClN3O2/c1-22(2,3)16-7-5-15(6-8-16)17(19-10-9-18(23)20(27)24-19)11-12-26-14-13-25(4)21(26)28/h5-11H,12-14H2,1-4H3,(H,24,27)/b17-11-. The summed E-state index contributed by atoms with van der Waals surface area (Å²) in [4.78, 5) is 30.6. The first kappa shape index (κ1) is 20.2. The summed E-state index contributed by atoms with van der Waals surface area (Å²) in [5.74, 6) is 0. The molecule has 1 aromatic heterocycles. The van der Waals surface area contributed by atoms with E-state index in [1.807, 2.05) is 6.08 Å². The topological polar surface area (TPSA) is 56.4 Å². The Bertz CT molecular complexity index is 955. The highest BCUT2D eigenvalue weighted by Crippen LogP contribution is 2.27. The summed E-state index contributed by atoms with van der Waals surface area (Å²) >= 11 is 5.90. The molecule has 3 rings (SSSR count). The number of pyridine rings is 1. The molecule has 0 aliphatic carbocycles. The zero-order valence-corrected chi connectivity index (χ0v) is 17.5. The molecular formula is C22H26ClN3O2. The van der Waals surface area contributed by atoms with Crippen LogP contribution in [0.2, 0.25) is 5.02 Å². The largest absolute Gasteiger partial charge is 0.326 e. The van der Waals surface area contributed by atoms with Crippen LogP contribution in [0.4, 0.5) is 4.79 Å². The summed E-state index contributed by atoms with van der Waals surface area (Å²) in [7, 11) is 1.80. The first-order valence-corrected chi connectivity index (χ1v) is 9.75. The number of carbonyl (C=O) groups excluding carboxylic acids is 1. The molecule has 28 heavy (non-hydrogen) atoms. The minimum atomic E-state index is -0.326. The quantitative estimate of drug-likeness (QED) is 0.840. The highest BCUT2D eigenvalue weighted by atomic mass is 35.5. The molecule has 148 valence electrons. The Balaban J connectivity index is 1.99. The molecular weight excluding hydrogens is 374 g/mol. The fraction of sp³-hybridized carbons (Fsp3) is 0.364. The van der Waals surface area contributed by atoms with Gasteiger partial charge in [-0.1, -0.05) is 62.7 Å². The lowest BCUT2D eigenvalue weighted by Gasteiger charge is -2.20. The number of aromatic amines is 1. The van der Waals surface area contributed by atoms with Crippen molar-refractivity contribution in [3.8, 4) is 0 Å². The molecule has 0 radical (unpaired) electrons. The number of benzene rings is 1. The lowest BCUT2D eigenvalue weighted by molar-refractivity contribution is 0.202. The van der Waals surface area contributed by atoms with E-state index < -0.39 is 0 Å². The van der Waals surface area contributed by atoms with Gasteiger partial charge in [0, 0.05) is 37.9 Å². The Morgan fingerprint density at radius 3 is 2.32 bits per heavy atom. The van der Waals surface area contributed by atoms with E-state index in [1.165, 1.54) is 5.56 Å². The van der Waals surface area contributed by atoms with Crippen molar-refractivity contribution in [3.63, 3.8) is 0 Å². The Kier molecular flexibility index (Phi) is 5.66. The molecule has 6 heteroatoms. The van der Waals surface area contributed by atoms with E-state index in [9.17, 15) is 9.59 Å². The van der Waals surface area contributed by atoms with Crippen molar-refractivity contribution in [3.05, 3.63) is 74.7 Å². The van der Waals surface area contributed by atoms with Gasteiger partial charge in [-0.3, -0.25) is 4.79 Å². The van der Waals surface area contributed by atoms with Crippen molar-refractivity contribution in [2.24, 2.45) is 0 Å². The highest BCUT2D eigenvalue weighted by molar-refractivity contribution is 6.30. The van der Waals surface area contributed by atoms with E-state index in [4.69, 9.17) is 11.6 Å². The first-order valence-electron chi connectivity index (χ1n) is 9.37. The number of carbonyl (C=O) groups is 1. The molecule has 1 fully saturated rings. The SMILES string of the molecule is CN1CCN(C/C=C(/c2ccc(C(C)(C)C)cc2)c2ccc(Cl)c(=O)[nH]2)C1=O. The van der Waals surface area contributed by atoms with Gasteiger partial charge in [-0.05, 0) is 28.7 Å². The normalized spacial score (nSPS) is 15.5. The maximum Gasteiger partial charge on any atom is 0.320 e. The lowest BCUT2D eigenvalue weighted by Crippen LogP contribution is -2.29. The summed E-state index contributed by atoms with van der Waals surface area (Å²) in [6.07, 6.45) is 1.99. The van der Waals surface area contributed by atoms with Crippen LogP contribution in [0, 0.1) is 0 Å². The number of nitrogens with zero attached hydrogens (tertiary/aromatic N) is 2. The van der Waals surface area contributed by atoms with Crippen molar-refractivity contribution >= 4 is 23.2 Å². The number of amides is 2. The summed E-state index contributed by atoms with van der Waals surface area (Å²) in [5, 5.41) is 0.155. The average Bonchev–Trinajstić information content (AvgIpc) is 2.96. The Morgan fingerprint density at radius 2 is 1.79 bits per heavy atom. The Labute approximate surface area is 170 Å². The van der Waals surface area contributed by atoms with Crippen LogP contribution in [-0.4, -0.2) is 47.5 Å². The average molecular weight is 400 g/mol. The van der Waals surface area contributed by atoms with Crippen LogP contribution in [0.25, 0.3) is 5.57 Å². The molecule has 2 heterocycles. The van der Waals surface area contributed by atoms with Gasteiger partial charge in [0.1, 0.15) is 5.02 Å². The van der Waals surface area contributed by atoms with Crippen LogP contribution in [0.5, 0.6) is 0 Å². The number of nitrogens with one attached hydrogen (secondary N) is 1. The number of hydrogen-bond acceptors (Lipinski definition) is 2. The van der Waals surface area contributed by atoms with Crippen LogP contribution >= 0.6 is 11.6 Å². The predicted octanol–water partition coefficient (Wildman–Crippen LogP) is 4.12. The van der Waals surface area contributed by atoms with Crippen LogP contribution in [-0.2, 0) is 5.41 Å². The van der Waals surface area contributed by atoms with Crippen molar-refractivity contribution in [2.45, 2.75) is 26.2 Å². The third-order valence-corrected chi connectivity index (χ3v) is 5.33. The number of urea groups is 1. The van der Waals surface area contributed by atoms with Gasteiger partial charge in [-0.15, -0.1) is 0 Å². The second kappa shape index (κ2) is 7.84. The molecule has 0 unspecified atom stereocenters. The van der Waals surface area contributed by atoms with Crippen LogP contribution in [0.15, 0.2) is 47.3 Å². The minimum Gasteiger partial charge on any atom is -0.326 e. The van der Waals surface area contributed by atoms with Gasteiger partial charge in [0.25, 0.3) is 5.56 Å². The third kappa shape index (κ3) is 4.30. The lowest BCUT2D eigenvalue weighted by atomic mass is 9.86. The molecule has 2 aromatic rings. The molecule has 0 bridgehead atoms. The second-order valence-corrected chi connectivity index (χ2v) is 8.55. The van der Waals surface area contributed by atoms with Gasteiger partial charge in [0.15, 0.2) is 0 Å². The smallest absolute Gasteiger partial charge is 0.320 e. The van der Waals surface area contributed by atoms with Gasteiger partial charge in [0.05, 0.1) is 0 Å². The molecule has 1 aliphatic rings. The van der Waals surface area contributed by atoms with Gasteiger partial charge in [-0.2, -0.15) is 0 Å². The monoisotopic (exact) mass is 399 g/mol. The fourth-order valence-electron chi connectivity index (χ4n) is 3.22. The molecule has 0 saturated carbocycles. The van der Waals surface area contributed by atoms with Crippen molar-refractivity contribution < 1.29 is 4.79 Å². The van der Waals surface area contributed by atoms with Gasteiger partial charge >= 0.3 is 6.03 Å². The third-order valence-electron chi connectivity index (χ3n) is 5.03. The van der Waals surface area contributed by atoms with Gasteiger partial charge < -0.3 is 14.8 Å². The number of hydrogen-bond donors (Lipinski definition) is 1. The maximum absolute atomic E-state index is 12.2. The molecule has 2 amide bonds. The Morgan fingerprint density at radius 1 is 1.11 bits per heavy atom. The number of likely N-dealkylation sites (N-methyl/N-ethyl adjacent to an activating group) is 1. The van der Waals surface area contributed by atoms with E-state index in [0.29, 0.717) is 18.8 Å². The summed E-state index contributed by atoms with van der Waals surface area (Å²) < 4.78 is 0. The molecule has 0 spiro atoms. The van der Waals surface area contributed by atoms with Crippen molar-refractivity contribution in [1.29, 1.82) is 0 Å². The molecule has 5 nitrogen and oxygen atoms in total. The van der Waals surface area contributed by atoms with E-state index in [-0.39, 0.29) is 22.0 Å². The minimum absolute atomic E-state index is 0.0169. The number of H-pyrrole nitrogens is 1. The van der Waals surface area contributed by atoms with E-state index in [0.717, 1.165) is 17.7 Å². The second-order valence-electron chi connectivity index (χ2n) is 8.14. The zero-order valence-electron chi connectivity index (χ0n) is 16.8. The van der Waals surface area contributed by atoms with Crippen molar-refractivity contribution in [2.75, 3.05) is 26.7 Å². The molecule has 1 aliphatic heterocycles. The van der Waals surface area contributed by atoms with Crippen molar-refractivity contribution in [1.82, 2.24) is 14.8 Å². The highest BCUT2D eigenvalue weighted by Gasteiger charge is 2.24. The summed E-state index contributed by atoms with van der Waals surface area (Å²) in [5.41, 5.74) is 3.49. The number of rotatable bonds is 4. The van der Waals surface area contributed by atoms with E-state index in [2.05, 4.69) is 50.0 Å². The summed E-state index contributed by atoms with van der Waals surface area (Å²) in [6, 6.07) is 11.7. The number of halogens is 1. The van der Waals surface area contributed by atoms with Crippen LogP contribution in [0.1, 0.15) is 37.6 Å². The van der Waals surface area contributed by atoms with Gasteiger partial charge in [-0.25, -0.2) is 4.79 Å². The van der Waals surface area contributed by atoms with E-state index in [1.54, 1.807) is 29.0 Å². The first-order chi connectivity index (χ1) is 13.2. The molecule has 0 atom stereocenters. The van der Waals surface area contributed by atoms with Gasteiger partial charge in [0.2, 0.25) is 0 Å². The van der Waals surface area contributed by atoms with Crippen LogP contribution < -0.4 is 5.56 Å². The number of aromatic nitrogens is 1.